The largest absolute Gasteiger partial charge is 0.462 e. The second kappa shape index (κ2) is 7.06. The molecular weight excluding hydrogens is 338 g/mol. The average molecular weight is 357 g/mol. The van der Waals surface area contributed by atoms with Crippen molar-refractivity contribution >= 4 is 39.2 Å². The van der Waals surface area contributed by atoms with E-state index in [0.717, 1.165) is 27.8 Å². The van der Waals surface area contributed by atoms with E-state index in [4.69, 9.17) is 4.74 Å². The zero-order chi connectivity index (χ0) is 18.0. The summed E-state index contributed by atoms with van der Waals surface area (Å²) in [5.41, 5.74) is 2.60. The van der Waals surface area contributed by atoms with E-state index >= 15 is 0 Å². The van der Waals surface area contributed by atoms with E-state index in [9.17, 15) is 9.59 Å². The molecule has 0 unspecified atom stereocenters. The second-order valence-corrected chi connectivity index (χ2v) is 6.66. The maximum Gasteiger partial charge on any atom is 0.350 e. The van der Waals surface area contributed by atoms with E-state index in [1.165, 1.54) is 0 Å². The SMILES string of the molecule is CCOC(=O)c1sc(NC(=O)Cc2cn(C)c3ccccc23)nc1C. The number of benzene rings is 1. The third-order valence-corrected chi connectivity index (χ3v) is 4.89. The topological polar surface area (TPSA) is 73.2 Å². The molecule has 1 aromatic carbocycles. The number of aromatic nitrogens is 2. The fraction of sp³-hybridized carbons (Fsp3) is 0.278. The van der Waals surface area contributed by atoms with Crippen molar-refractivity contribution in [2.45, 2.75) is 20.3 Å². The predicted octanol–water partition coefficient (Wildman–Crippen LogP) is 3.30. The Labute approximate surface area is 149 Å². The Morgan fingerprint density at radius 1 is 1.32 bits per heavy atom. The first-order chi connectivity index (χ1) is 12.0. The number of para-hydroxylation sites is 1. The molecule has 0 aliphatic carbocycles. The number of nitrogens with one attached hydrogen (secondary N) is 1. The van der Waals surface area contributed by atoms with Gasteiger partial charge in [-0.1, -0.05) is 29.5 Å². The van der Waals surface area contributed by atoms with Gasteiger partial charge in [0.25, 0.3) is 0 Å². The number of carbonyl (C=O) groups is 2. The lowest BCUT2D eigenvalue weighted by Crippen LogP contribution is -2.14. The van der Waals surface area contributed by atoms with Crippen LogP contribution < -0.4 is 5.32 Å². The number of anilines is 1. The molecule has 0 aliphatic rings. The van der Waals surface area contributed by atoms with Gasteiger partial charge in [0, 0.05) is 24.1 Å². The minimum Gasteiger partial charge on any atom is -0.462 e. The van der Waals surface area contributed by atoms with Gasteiger partial charge in [-0.15, -0.1) is 0 Å². The highest BCUT2D eigenvalue weighted by Gasteiger charge is 2.18. The van der Waals surface area contributed by atoms with Crippen LogP contribution in [0.25, 0.3) is 10.9 Å². The minimum absolute atomic E-state index is 0.166. The van der Waals surface area contributed by atoms with Gasteiger partial charge >= 0.3 is 5.97 Å². The molecule has 3 rings (SSSR count). The second-order valence-electron chi connectivity index (χ2n) is 5.66. The number of amides is 1. The van der Waals surface area contributed by atoms with Gasteiger partial charge in [-0.05, 0) is 25.5 Å². The van der Waals surface area contributed by atoms with Gasteiger partial charge in [-0.3, -0.25) is 4.79 Å². The summed E-state index contributed by atoms with van der Waals surface area (Å²) in [6.45, 7) is 3.78. The summed E-state index contributed by atoms with van der Waals surface area (Å²) in [4.78, 5) is 28.9. The molecule has 1 N–H and O–H groups in total. The first-order valence-corrected chi connectivity index (χ1v) is 8.78. The Morgan fingerprint density at radius 3 is 2.84 bits per heavy atom. The van der Waals surface area contributed by atoms with Crippen LogP contribution in [0.1, 0.15) is 27.9 Å². The lowest BCUT2D eigenvalue weighted by Gasteiger charge is -2.01. The Morgan fingerprint density at radius 2 is 2.08 bits per heavy atom. The fourth-order valence-corrected chi connectivity index (χ4v) is 3.62. The summed E-state index contributed by atoms with van der Waals surface area (Å²) in [5, 5.41) is 4.24. The number of hydrogen-bond donors (Lipinski definition) is 1. The Balaban J connectivity index is 1.74. The molecule has 0 bridgehead atoms. The number of thiazole rings is 1. The molecule has 7 heteroatoms. The summed E-state index contributed by atoms with van der Waals surface area (Å²) in [5.74, 6) is -0.576. The molecule has 130 valence electrons. The molecule has 0 atom stereocenters. The zero-order valence-corrected chi connectivity index (χ0v) is 15.1. The smallest absolute Gasteiger partial charge is 0.350 e. The van der Waals surface area contributed by atoms with Gasteiger partial charge in [0.2, 0.25) is 5.91 Å². The van der Waals surface area contributed by atoms with Gasteiger partial charge in [0.15, 0.2) is 5.13 Å². The number of hydrogen-bond acceptors (Lipinski definition) is 5. The molecule has 0 spiro atoms. The number of fused-ring (bicyclic) bond motifs is 1. The number of carbonyl (C=O) groups excluding carboxylic acids is 2. The van der Waals surface area contributed by atoms with Crippen LogP contribution in [0.2, 0.25) is 0 Å². The number of aryl methyl sites for hydroxylation is 2. The highest BCUT2D eigenvalue weighted by atomic mass is 32.1. The first kappa shape index (κ1) is 17.2. The highest BCUT2D eigenvalue weighted by Crippen LogP contribution is 2.25. The van der Waals surface area contributed by atoms with Crippen molar-refractivity contribution in [1.82, 2.24) is 9.55 Å². The van der Waals surface area contributed by atoms with Gasteiger partial charge < -0.3 is 14.6 Å². The lowest BCUT2D eigenvalue weighted by molar-refractivity contribution is -0.115. The Hall–Kier alpha value is -2.67. The van der Waals surface area contributed by atoms with Crippen molar-refractivity contribution in [3.63, 3.8) is 0 Å². The third kappa shape index (κ3) is 3.56. The van der Waals surface area contributed by atoms with E-state index in [1.807, 2.05) is 42.1 Å². The van der Waals surface area contributed by atoms with E-state index in [1.54, 1.807) is 13.8 Å². The van der Waals surface area contributed by atoms with Crippen molar-refractivity contribution in [3.05, 3.63) is 46.6 Å². The Kier molecular flexibility index (Phi) is 4.85. The molecule has 0 aliphatic heterocycles. The van der Waals surface area contributed by atoms with E-state index < -0.39 is 5.97 Å². The molecular formula is C18H19N3O3S. The van der Waals surface area contributed by atoms with E-state index in [0.29, 0.717) is 22.3 Å². The van der Waals surface area contributed by atoms with Crippen LogP contribution in [0, 0.1) is 6.92 Å². The lowest BCUT2D eigenvalue weighted by atomic mass is 10.1. The molecule has 3 aromatic rings. The quantitative estimate of drug-likeness (QED) is 0.711. The molecule has 6 nitrogen and oxygen atoms in total. The normalized spacial score (nSPS) is 10.8. The molecule has 0 radical (unpaired) electrons. The molecule has 25 heavy (non-hydrogen) atoms. The highest BCUT2D eigenvalue weighted by molar-refractivity contribution is 7.17. The molecule has 0 saturated carbocycles. The molecule has 2 aromatic heterocycles. The predicted molar refractivity (Wildman–Crippen MR) is 98.1 cm³/mol. The molecule has 0 fully saturated rings. The third-order valence-electron chi connectivity index (χ3n) is 3.83. The first-order valence-electron chi connectivity index (χ1n) is 7.97. The van der Waals surface area contributed by atoms with Crippen molar-refractivity contribution in [1.29, 1.82) is 0 Å². The summed E-state index contributed by atoms with van der Waals surface area (Å²) in [6.07, 6.45) is 2.20. The average Bonchev–Trinajstić information content (AvgIpc) is 3.09. The number of esters is 1. The maximum absolute atomic E-state index is 12.4. The summed E-state index contributed by atoms with van der Waals surface area (Å²) < 4.78 is 6.99. The Bertz CT molecular complexity index is 942. The van der Waals surface area contributed by atoms with Gasteiger partial charge in [-0.2, -0.15) is 0 Å². The van der Waals surface area contributed by atoms with Crippen LogP contribution in [0.3, 0.4) is 0 Å². The van der Waals surface area contributed by atoms with Crippen molar-refractivity contribution in [2.75, 3.05) is 11.9 Å². The van der Waals surface area contributed by atoms with Crippen molar-refractivity contribution < 1.29 is 14.3 Å². The van der Waals surface area contributed by atoms with Gasteiger partial charge in [0.05, 0.1) is 18.7 Å². The summed E-state index contributed by atoms with van der Waals surface area (Å²) >= 11 is 1.13. The summed E-state index contributed by atoms with van der Waals surface area (Å²) in [7, 11) is 1.96. The van der Waals surface area contributed by atoms with Gasteiger partial charge in [-0.25, -0.2) is 9.78 Å². The van der Waals surface area contributed by atoms with Crippen LogP contribution in [0.15, 0.2) is 30.5 Å². The molecule has 0 saturated heterocycles. The van der Waals surface area contributed by atoms with Crippen molar-refractivity contribution in [2.24, 2.45) is 7.05 Å². The summed E-state index contributed by atoms with van der Waals surface area (Å²) in [6, 6.07) is 7.96. The molecule has 1 amide bonds. The van der Waals surface area contributed by atoms with Crippen LogP contribution in [-0.4, -0.2) is 28.0 Å². The molecule has 2 heterocycles. The van der Waals surface area contributed by atoms with Crippen LogP contribution >= 0.6 is 11.3 Å². The maximum atomic E-state index is 12.4. The standard InChI is InChI=1S/C18H19N3O3S/c1-4-24-17(23)16-11(2)19-18(25-16)20-15(22)9-12-10-21(3)14-8-6-5-7-13(12)14/h5-8,10H,4,9H2,1-3H3,(H,19,20,22). The van der Waals surface area contributed by atoms with Crippen LogP contribution in [-0.2, 0) is 23.0 Å². The number of nitrogens with zero attached hydrogens (tertiary/aromatic N) is 2. The fourth-order valence-electron chi connectivity index (χ4n) is 2.74. The number of rotatable bonds is 5. The monoisotopic (exact) mass is 357 g/mol. The van der Waals surface area contributed by atoms with Gasteiger partial charge in [0.1, 0.15) is 4.88 Å². The number of ether oxygens (including phenoxy) is 1. The zero-order valence-electron chi connectivity index (χ0n) is 14.3. The van der Waals surface area contributed by atoms with Crippen molar-refractivity contribution in [3.8, 4) is 0 Å². The minimum atomic E-state index is -0.410. The van der Waals surface area contributed by atoms with E-state index in [-0.39, 0.29) is 12.3 Å². The van der Waals surface area contributed by atoms with Crippen LogP contribution in [0.5, 0.6) is 0 Å². The van der Waals surface area contributed by atoms with Crippen LogP contribution in [0.4, 0.5) is 5.13 Å². The van der Waals surface area contributed by atoms with E-state index in [2.05, 4.69) is 10.3 Å².